The molecule has 1 aromatic heterocycles. The molecule has 2 N–H and O–H groups in total. The summed E-state index contributed by atoms with van der Waals surface area (Å²) in [7, 11) is -3.97. The summed E-state index contributed by atoms with van der Waals surface area (Å²) >= 11 is 0. The number of nitrogens with one attached hydrogen (secondary N) is 2. The first-order valence-electron chi connectivity index (χ1n) is 11.9. The van der Waals surface area contributed by atoms with Gasteiger partial charge in [0.15, 0.2) is 0 Å². The number of nitrogens with zero attached hydrogens (tertiary/aromatic N) is 1. The molecule has 0 radical (unpaired) electrons. The van der Waals surface area contributed by atoms with Crippen molar-refractivity contribution in [3.8, 4) is 11.3 Å². The van der Waals surface area contributed by atoms with Crippen molar-refractivity contribution in [3.05, 3.63) is 82.6 Å². The van der Waals surface area contributed by atoms with Crippen molar-refractivity contribution >= 4 is 15.9 Å². The van der Waals surface area contributed by atoms with E-state index < -0.39 is 15.9 Å². The summed E-state index contributed by atoms with van der Waals surface area (Å²) in [6.45, 7) is 12.3. The third kappa shape index (κ3) is 6.69. The Morgan fingerprint density at radius 3 is 2.09 bits per heavy atom. The van der Waals surface area contributed by atoms with Gasteiger partial charge < -0.3 is 0 Å². The standard InChI is InChI=1S/C28H35N3O3S/c1-18(2)7-8-21-9-11-23(12-10-21)35(33,34)31-28(32)17-26-24(19(3)4)15-22(16-25(26)20(5)6)27-13-14-29-30-27/h7,9-16,19-20H,8,17H2,1-6H3,(H,29,30)(H,31,32). The molecule has 0 aliphatic rings. The van der Waals surface area contributed by atoms with E-state index in [1.54, 1.807) is 30.5 Å². The predicted molar refractivity (Wildman–Crippen MR) is 141 cm³/mol. The second-order valence-electron chi connectivity index (χ2n) is 9.75. The number of hydrogen-bond donors (Lipinski definition) is 2. The van der Waals surface area contributed by atoms with Crippen LogP contribution < -0.4 is 4.72 Å². The lowest BCUT2D eigenvalue weighted by Gasteiger charge is -2.21. The number of sulfonamides is 1. The van der Waals surface area contributed by atoms with Crippen molar-refractivity contribution in [1.29, 1.82) is 0 Å². The monoisotopic (exact) mass is 493 g/mol. The fourth-order valence-corrected chi connectivity index (χ4v) is 5.04. The second kappa shape index (κ2) is 11.0. The maximum atomic E-state index is 13.0. The van der Waals surface area contributed by atoms with Gasteiger partial charge in [-0.15, -0.1) is 0 Å². The van der Waals surface area contributed by atoms with Gasteiger partial charge in [-0.05, 0) is 84.7 Å². The first-order chi connectivity index (χ1) is 16.5. The van der Waals surface area contributed by atoms with Crippen LogP contribution in [0.4, 0.5) is 0 Å². The Morgan fingerprint density at radius 1 is 1.00 bits per heavy atom. The number of benzene rings is 2. The molecular formula is C28H35N3O3S. The van der Waals surface area contributed by atoms with Crippen molar-refractivity contribution in [3.63, 3.8) is 0 Å². The van der Waals surface area contributed by atoms with Crippen LogP contribution in [0.15, 0.2) is 65.2 Å². The Bertz CT molecular complexity index is 1270. The number of hydrogen-bond acceptors (Lipinski definition) is 4. The average molecular weight is 494 g/mol. The summed E-state index contributed by atoms with van der Waals surface area (Å²) in [5.41, 5.74) is 7.04. The Morgan fingerprint density at radius 2 is 1.60 bits per heavy atom. The smallest absolute Gasteiger partial charge is 0.264 e. The quantitative estimate of drug-likeness (QED) is 0.364. The maximum absolute atomic E-state index is 13.0. The third-order valence-corrected chi connectivity index (χ3v) is 7.33. The highest BCUT2D eigenvalue weighted by Crippen LogP contribution is 2.33. The maximum Gasteiger partial charge on any atom is 0.264 e. The third-order valence-electron chi connectivity index (χ3n) is 5.94. The molecule has 0 bridgehead atoms. The second-order valence-corrected chi connectivity index (χ2v) is 11.4. The molecule has 6 nitrogen and oxygen atoms in total. The summed E-state index contributed by atoms with van der Waals surface area (Å²) in [5, 5.41) is 7.05. The average Bonchev–Trinajstić information content (AvgIpc) is 3.32. The molecule has 0 atom stereocenters. The molecule has 35 heavy (non-hydrogen) atoms. The molecule has 7 heteroatoms. The van der Waals surface area contributed by atoms with E-state index in [4.69, 9.17) is 0 Å². The number of H-pyrrole nitrogens is 1. The van der Waals surface area contributed by atoms with Gasteiger partial charge in [0.1, 0.15) is 0 Å². The van der Waals surface area contributed by atoms with E-state index in [-0.39, 0.29) is 23.2 Å². The van der Waals surface area contributed by atoms with Crippen LogP contribution in [0.25, 0.3) is 11.3 Å². The Balaban J connectivity index is 1.86. The van der Waals surface area contributed by atoms with Crippen molar-refractivity contribution in [2.45, 2.75) is 71.1 Å². The van der Waals surface area contributed by atoms with Gasteiger partial charge in [0, 0.05) is 11.8 Å². The molecule has 3 aromatic rings. The van der Waals surface area contributed by atoms with Crippen LogP contribution in [0.2, 0.25) is 0 Å². The fraction of sp³-hybridized carbons (Fsp3) is 0.357. The van der Waals surface area contributed by atoms with Crippen LogP contribution in [-0.4, -0.2) is 24.5 Å². The number of aromatic amines is 1. The van der Waals surface area contributed by atoms with E-state index in [2.05, 4.69) is 60.8 Å². The first-order valence-corrected chi connectivity index (χ1v) is 13.4. The topological polar surface area (TPSA) is 91.9 Å². The van der Waals surface area contributed by atoms with Gasteiger partial charge in [-0.3, -0.25) is 9.89 Å². The van der Waals surface area contributed by atoms with Gasteiger partial charge in [-0.2, -0.15) is 5.10 Å². The Hall–Kier alpha value is -3.19. The molecule has 1 amide bonds. The van der Waals surface area contributed by atoms with Crippen LogP contribution in [0.3, 0.4) is 0 Å². The molecule has 186 valence electrons. The zero-order valence-corrected chi connectivity index (χ0v) is 22.2. The van der Waals surface area contributed by atoms with Gasteiger partial charge in [0.2, 0.25) is 5.91 Å². The summed E-state index contributed by atoms with van der Waals surface area (Å²) in [6, 6.07) is 12.7. The van der Waals surface area contributed by atoms with Gasteiger partial charge in [0.25, 0.3) is 10.0 Å². The van der Waals surface area contributed by atoms with E-state index in [0.29, 0.717) is 0 Å². The van der Waals surface area contributed by atoms with Crippen LogP contribution >= 0.6 is 0 Å². The minimum Gasteiger partial charge on any atom is -0.278 e. The molecule has 1 heterocycles. The lowest BCUT2D eigenvalue weighted by atomic mass is 9.84. The molecule has 2 aromatic carbocycles. The van der Waals surface area contributed by atoms with E-state index >= 15 is 0 Å². The molecular weight excluding hydrogens is 458 g/mol. The predicted octanol–water partition coefficient (Wildman–Crippen LogP) is 5.88. The normalized spacial score (nSPS) is 11.7. The van der Waals surface area contributed by atoms with Crippen LogP contribution in [-0.2, 0) is 27.7 Å². The summed E-state index contributed by atoms with van der Waals surface area (Å²) in [5.74, 6) is -0.233. The van der Waals surface area contributed by atoms with Gasteiger partial charge in [0.05, 0.1) is 17.0 Å². The highest BCUT2D eigenvalue weighted by molar-refractivity contribution is 7.90. The molecule has 0 saturated carbocycles. The Labute approximate surface area is 208 Å². The molecule has 0 fully saturated rings. The van der Waals surface area contributed by atoms with Gasteiger partial charge in [-0.25, -0.2) is 13.1 Å². The van der Waals surface area contributed by atoms with E-state index in [1.807, 2.05) is 19.9 Å². The number of carbonyl (C=O) groups excluding carboxylic acids is 1. The lowest BCUT2D eigenvalue weighted by molar-refractivity contribution is -0.118. The zero-order valence-electron chi connectivity index (χ0n) is 21.3. The zero-order chi connectivity index (χ0) is 25.8. The Kier molecular flexibility index (Phi) is 8.33. The minimum absolute atomic E-state index is 0.0117. The highest BCUT2D eigenvalue weighted by atomic mass is 32.2. The van der Waals surface area contributed by atoms with Crippen LogP contribution in [0.1, 0.15) is 75.6 Å². The molecule has 0 aliphatic carbocycles. The fourth-order valence-electron chi connectivity index (χ4n) is 4.06. The highest BCUT2D eigenvalue weighted by Gasteiger charge is 2.22. The molecule has 3 rings (SSSR count). The van der Waals surface area contributed by atoms with E-state index in [9.17, 15) is 13.2 Å². The number of rotatable bonds is 9. The minimum atomic E-state index is -3.97. The number of carbonyl (C=O) groups is 1. The van der Waals surface area contributed by atoms with Crippen LogP contribution in [0, 0.1) is 0 Å². The van der Waals surface area contributed by atoms with Gasteiger partial charge >= 0.3 is 0 Å². The van der Waals surface area contributed by atoms with E-state index in [0.717, 1.165) is 39.9 Å². The SMILES string of the molecule is CC(C)=CCc1ccc(S(=O)(=O)NC(=O)Cc2c(C(C)C)cc(-c3ccn[nH]3)cc2C(C)C)cc1. The molecule has 0 aliphatic heterocycles. The molecule has 0 saturated heterocycles. The van der Waals surface area contributed by atoms with Crippen molar-refractivity contribution in [1.82, 2.24) is 14.9 Å². The summed E-state index contributed by atoms with van der Waals surface area (Å²) < 4.78 is 28.1. The van der Waals surface area contributed by atoms with Gasteiger partial charge in [-0.1, -0.05) is 51.5 Å². The van der Waals surface area contributed by atoms with Crippen LogP contribution in [0.5, 0.6) is 0 Å². The van der Waals surface area contributed by atoms with E-state index in [1.165, 1.54) is 5.57 Å². The lowest BCUT2D eigenvalue weighted by Crippen LogP contribution is -2.32. The number of amides is 1. The summed E-state index contributed by atoms with van der Waals surface area (Å²) in [6.07, 6.45) is 4.52. The number of allylic oxidation sites excluding steroid dienone is 2. The molecule has 0 unspecified atom stereocenters. The van der Waals surface area contributed by atoms with Crippen molar-refractivity contribution in [2.24, 2.45) is 0 Å². The first kappa shape index (κ1) is 26.4. The van der Waals surface area contributed by atoms with Crippen molar-refractivity contribution in [2.75, 3.05) is 0 Å². The molecule has 0 spiro atoms. The number of aromatic nitrogens is 2. The van der Waals surface area contributed by atoms with Crippen molar-refractivity contribution < 1.29 is 13.2 Å². The summed E-state index contributed by atoms with van der Waals surface area (Å²) in [4.78, 5) is 13.1. The largest absolute Gasteiger partial charge is 0.278 e.